The average Bonchev–Trinajstić information content (AvgIpc) is 3.13. The van der Waals surface area contributed by atoms with E-state index in [1.807, 2.05) is 21.1 Å². The minimum absolute atomic E-state index is 0.0257. The molecule has 0 aromatic carbocycles. The van der Waals surface area contributed by atoms with Crippen LogP contribution in [0.5, 0.6) is 0 Å². The number of phosphoric acid groups is 1. The summed E-state index contributed by atoms with van der Waals surface area (Å²) in [6.45, 7) is 4.26. The zero-order chi connectivity index (χ0) is 40.7. The molecule has 55 heavy (non-hydrogen) atoms. The number of ether oxygens (including phenoxy) is 2. The van der Waals surface area contributed by atoms with E-state index in [2.05, 4.69) is 13.8 Å². The lowest BCUT2D eigenvalue weighted by molar-refractivity contribution is -0.870. The van der Waals surface area contributed by atoms with Gasteiger partial charge in [0.25, 0.3) is 7.82 Å². The van der Waals surface area contributed by atoms with Crippen molar-refractivity contribution >= 4 is 19.8 Å². The highest BCUT2D eigenvalue weighted by Crippen LogP contribution is 2.38. The van der Waals surface area contributed by atoms with Crippen LogP contribution in [0, 0.1) is 0 Å². The fourth-order valence-electron chi connectivity index (χ4n) is 6.72. The molecule has 9 nitrogen and oxygen atoms in total. The van der Waals surface area contributed by atoms with Gasteiger partial charge in [-0.15, -0.1) is 0 Å². The fraction of sp³-hybridized carbons (Fsp3) is 0.956. The molecule has 0 saturated carbocycles. The molecule has 0 rings (SSSR count). The van der Waals surface area contributed by atoms with Gasteiger partial charge in [0.15, 0.2) is 6.10 Å². The summed E-state index contributed by atoms with van der Waals surface area (Å²) in [4.78, 5) is 37.5. The van der Waals surface area contributed by atoms with E-state index in [-0.39, 0.29) is 32.0 Å². The maximum absolute atomic E-state index is 12.6. The van der Waals surface area contributed by atoms with Crippen molar-refractivity contribution in [1.29, 1.82) is 0 Å². The Hall–Kier alpha value is -0.990. The van der Waals surface area contributed by atoms with Gasteiger partial charge in [-0.2, -0.15) is 0 Å². The molecule has 2 atom stereocenters. The molecular weight excluding hydrogens is 713 g/mol. The fourth-order valence-corrected chi connectivity index (χ4v) is 7.44. The van der Waals surface area contributed by atoms with Crippen molar-refractivity contribution in [3.8, 4) is 0 Å². The van der Waals surface area contributed by atoms with Crippen molar-refractivity contribution in [3.63, 3.8) is 0 Å². The number of unbranched alkanes of at least 4 members (excludes halogenated alkanes) is 29. The summed E-state index contributed by atoms with van der Waals surface area (Å²) in [6, 6.07) is 0. The van der Waals surface area contributed by atoms with Crippen LogP contribution in [0.25, 0.3) is 0 Å². The van der Waals surface area contributed by atoms with Gasteiger partial charge in [0.2, 0.25) is 0 Å². The molecule has 0 aromatic heterocycles. The third-order valence-electron chi connectivity index (χ3n) is 10.4. The highest BCUT2D eigenvalue weighted by atomic mass is 31.2. The smallest absolute Gasteiger partial charge is 0.306 e. The lowest BCUT2D eigenvalue weighted by Gasteiger charge is -2.28. The van der Waals surface area contributed by atoms with Crippen LogP contribution in [-0.4, -0.2) is 70.0 Å². The topological polar surface area (TPSA) is 111 Å². The first-order valence-electron chi connectivity index (χ1n) is 23.2. The van der Waals surface area contributed by atoms with Crippen LogP contribution in [0.1, 0.15) is 226 Å². The van der Waals surface area contributed by atoms with Gasteiger partial charge >= 0.3 is 11.9 Å². The molecule has 0 bridgehead atoms. The third-order valence-corrected chi connectivity index (χ3v) is 11.3. The average molecular weight is 804 g/mol. The number of nitrogens with zero attached hydrogens (tertiary/aromatic N) is 1. The normalized spacial score (nSPS) is 13.5. The molecule has 0 aromatic rings. The van der Waals surface area contributed by atoms with E-state index in [0.717, 1.165) is 32.1 Å². The van der Waals surface area contributed by atoms with Gasteiger partial charge in [0, 0.05) is 12.8 Å². The number of hydrogen-bond acceptors (Lipinski definition) is 8. The third kappa shape index (κ3) is 42.4. The molecule has 0 radical (unpaired) electrons. The largest absolute Gasteiger partial charge is 0.756 e. The first-order valence-corrected chi connectivity index (χ1v) is 24.7. The summed E-state index contributed by atoms with van der Waals surface area (Å²) in [5.74, 6) is -0.819. The summed E-state index contributed by atoms with van der Waals surface area (Å²) in [5, 5.41) is 0. The highest BCUT2D eigenvalue weighted by molar-refractivity contribution is 7.45. The molecule has 0 aliphatic carbocycles. The Morgan fingerprint density at radius 3 is 1.16 bits per heavy atom. The minimum atomic E-state index is -4.61. The summed E-state index contributed by atoms with van der Waals surface area (Å²) in [6.07, 6.45) is 38.4. The maximum Gasteiger partial charge on any atom is 0.306 e. The molecule has 0 fully saturated rings. The number of quaternary nitrogens is 1. The number of likely N-dealkylation sites (N-methyl/N-ethyl adjacent to an activating group) is 1. The maximum atomic E-state index is 12.6. The zero-order valence-corrected chi connectivity index (χ0v) is 37.8. The quantitative estimate of drug-likeness (QED) is 0.0259. The second-order valence-corrected chi connectivity index (χ2v) is 18.5. The predicted molar refractivity (Wildman–Crippen MR) is 227 cm³/mol. The second-order valence-electron chi connectivity index (χ2n) is 17.1. The molecule has 1 unspecified atom stereocenters. The van der Waals surface area contributed by atoms with Gasteiger partial charge in [0.05, 0.1) is 27.7 Å². The van der Waals surface area contributed by atoms with Crippen LogP contribution in [0.4, 0.5) is 0 Å². The predicted octanol–water partition coefficient (Wildman–Crippen LogP) is 12.6. The Morgan fingerprint density at radius 2 is 0.818 bits per heavy atom. The van der Waals surface area contributed by atoms with E-state index in [1.165, 1.54) is 161 Å². The highest BCUT2D eigenvalue weighted by Gasteiger charge is 2.21. The molecule has 0 aliphatic heterocycles. The Bertz CT molecular complexity index is 912. The number of hydrogen-bond donors (Lipinski definition) is 0. The molecule has 0 saturated heterocycles. The van der Waals surface area contributed by atoms with Gasteiger partial charge in [-0.05, 0) is 12.8 Å². The molecular formula is C45H90NO8P. The van der Waals surface area contributed by atoms with Crippen LogP contribution in [-0.2, 0) is 32.7 Å². The van der Waals surface area contributed by atoms with Crippen molar-refractivity contribution < 1.29 is 42.1 Å². The Labute approximate surface area is 340 Å². The number of carbonyl (C=O) groups excluding carboxylic acids is 2. The van der Waals surface area contributed by atoms with E-state index >= 15 is 0 Å². The van der Waals surface area contributed by atoms with Crippen LogP contribution < -0.4 is 4.89 Å². The van der Waals surface area contributed by atoms with Crippen molar-refractivity contribution in [2.75, 3.05) is 47.5 Å². The first-order chi connectivity index (χ1) is 26.5. The summed E-state index contributed by atoms with van der Waals surface area (Å²) in [7, 11) is 1.18. The van der Waals surface area contributed by atoms with Crippen molar-refractivity contribution in [2.24, 2.45) is 0 Å². The van der Waals surface area contributed by atoms with E-state index in [1.54, 1.807) is 0 Å². The van der Waals surface area contributed by atoms with Crippen LogP contribution in [0.2, 0.25) is 0 Å². The molecule has 0 amide bonds. The van der Waals surface area contributed by atoms with Crippen LogP contribution in [0.15, 0.2) is 0 Å². The van der Waals surface area contributed by atoms with Crippen LogP contribution in [0.3, 0.4) is 0 Å². The molecule has 328 valence electrons. The van der Waals surface area contributed by atoms with E-state index < -0.39 is 26.5 Å². The first kappa shape index (κ1) is 54.0. The van der Waals surface area contributed by atoms with Gasteiger partial charge in [-0.1, -0.05) is 200 Å². The standard InChI is InChI=1S/C45H90NO8P/c1-6-8-10-12-14-16-18-20-21-22-23-24-25-26-28-29-31-33-35-37-44(47)51-41-43(42-53-55(49,50)52-40-39-46(3,4)5)54-45(48)38-36-34-32-30-27-19-17-15-13-11-9-7-2/h43H,6-42H2,1-5H3/t43-/m0/s1. The van der Waals surface area contributed by atoms with Gasteiger partial charge < -0.3 is 27.9 Å². The summed E-state index contributed by atoms with van der Waals surface area (Å²) in [5.41, 5.74) is 0. The SMILES string of the molecule is CCCCCCCCCCCCCCCCCCCCCC(=O)OC[C@@H](COP(=O)([O-])OCC[N+](C)(C)C)OC(=O)CCCCCCCCCCCCCC. The Kier molecular flexibility index (Phi) is 37.8. The van der Waals surface area contributed by atoms with E-state index in [9.17, 15) is 19.0 Å². The van der Waals surface area contributed by atoms with Gasteiger partial charge in [-0.3, -0.25) is 14.2 Å². The molecule has 0 aliphatic rings. The number of phosphoric ester groups is 1. The van der Waals surface area contributed by atoms with Crippen molar-refractivity contribution in [2.45, 2.75) is 232 Å². The summed E-state index contributed by atoms with van der Waals surface area (Å²) < 4.78 is 33.9. The van der Waals surface area contributed by atoms with Crippen molar-refractivity contribution in [1.82, 2.24) is 0 Å². The molecule has 0 heterocycles. The van der Waals surface area contributed by atoms with Gasteiger partial charge in [0.1, 0.15) is 19.8 Å². The van der Waals surface area contributed by atoms with Crippen LogP contribution >= 0.6 is 7.82 Å². The van der Waals surface area contributed by atoms with Gasteiger partial charge in [-0.25, -0.2) is 0 Å². The Balaban J connectivity index is 4.22. The van der Waals surface area contributed by atoms with Crippen molar-refractivity contribution in [3.05, 3.63) is 0 Å². The number of esters is 2. The molecule has 0 spiro atoms. The molecule has 10 heteroatoms. The van der Waals surface area contributed by atoms with E-state index in [4.69, 9.17) is 18.5 Å². The lowest BCUT2D eigenvalue weighted by Crippen LogP contribution is -2.37. The lowest BCUT2D eigenvalue weighted by atomic mass is 10.0. The zero-order valence-electron chi connectivity index (χ0n) is 36.9. The molecule has 0 N–H and O–H groups in total. The summed E-state index contributed by atoms with van der Waals surface area (Å²) >= 11 is 0. The number of rotatable bonds is 43. The second kappa shape index (κ2) is 38.5. The minimum Gasteiger partial charge on any atom is -0.756 e. The monoisotopic (exact) mass is 804 g/mol. The number of carbonyl (C=O) groups is 2. The van der Waals surface area contributed by atoms with E-state index in [0.29, 0.717) is 17.4 Å². The Morgan fingerprint density at radius 1 is 0.491 bits per heavy atom.